The van der Waals surface area contributed by atoms with Crippen molar-refractivity contribution in [3.05, 3.63) is 65.4 Å². The Labute approximate surface area is 217 Å². The van der Waals surface area contributed by atoms with Gasteiger partial charge in [0.1, 0.15) is 22.8 Å². The first-order valence-corrected chi connectivity index (χ1v) is 13.1. The Balaban J connectivity index is 1.64. The quantitative estimate of drug-likeness (QED) is 0.277. The van der Waals surface area contributed by atoms with E-state index in [2.05, 4.69) is 30.1 Å². The van der Waals surface area contributed by atoms with E-state index < -0.39 is 5.60 Å². The molecule has 36 heavy (non-hydrogen) atoms. The van der Waals surface area contributed by atoms with Crippen LogP contribution in [0.25, 0.3) is 21.7 Å². The maximum Gasteiger partial charge on any atom is 0.274 e. The van der Waals surface area contributed by atoms with Crippen molar-refractivity contribution in [1.29, 1.82) is 0 Å². The van der Waals surface area contributed by atoms with E-state index in [-0.39, 0.29) is 11.8 Å². The molecule has 0 saturated carbocycles. The van der Waals surface area contributed by atoms with Crippen LogP contribution < -0.4 is 14.4 Å². The third kappa shape index (κ3) is 4.41. The molecule has 188 valence electrons. The number of rotatable bonds is 6. The second-order valence-corrected chi connectivity index (χ2v) is 10.9. The van der Waals surface area contributed by atoms with Crippen molar-refractivity contribution in [3.8, 4) is 11.5 Å². The van der Waals surface area contributed by atoms with Gasteiger partial charge in [0.25, 0.3) is 5.91 Å². The minimum absolute atomic E-state index is 0.00412. The van der Waals surface area contributed by atoms with Gasteiger partial charge >= 0.3 is 0 Å². The number of methoxy groups -OCH3 is 1. The zero-order valence-corrected chi connectivity index (χ0v) is 22.3. The van der Waals surface area contributed by atoms with Crippen LogP contribution in [-0.2, 0) is 6.42 Å². The molecule has 1 aliphatic rings. The molecule has 1 atom stereocenters. The smallest absolute Gasteiger partial charge is 0.274 e. The fourth-order valence-corrected chi connectivity index (χ4v) is 5.43. The van der Waals surface area contributed by atoms with Crippen LogP contribution in [0.1, 0.15) is 61.6 Å². The number of carbonyl (C=O) groups is 1. The van der Waals surface area contributed by atoms with Gasteiger partial charge < -0.3 is 19.4 Å². The molecule has 0 unspecified atom stereocenters. The summed E-state index contributed by atoms with van der Waals surface area (Å²) in [6, 6.07) is 16.3. The van der Waals surface area contributed by atoms with Gasteiger partial charge in [0.15, 0.2) is 0 Å². The van der Waals surface area contributed by atoms with Gasteiger partial charge in [-0.05, 0) is 74.0 Å². The fourth-order valence-electron chi connectivity index (χ4n) is 5.18. The Hall–Kier alpha value is -3.18. The average Bonchev–Trinajstić information content (AvgIpc) is 3.44. The SMILES string of the molecule is CCCc1ccc2cc(C(=O)N3C[C@@H](CCl)c4c3cc(OC(C)(C)C)c3ccc(OC)cc43)[nH]c2c1. The molecule has 0 fully saturated rings. The molecule has 6 heteroatoms. The number of nitrogens with zero attached hydrogens (tertiary/aromatic N) is 1. The average molecular weight is 505 g/mol. The predicted octanol–water partition coefficient (Wildman–Crippen LogP) is 7.44. The molecule has 5 rings (SSSR count). The molecular formula is C30H33ClN2O3. The van der Waals surface area contributed by atoms with Gasteiger partial charge in [-0.15, -0.1) is 11.6 Å². The van der Waals surface area contributed by atoms with Crippen molar-refractivity contribution in [2.45, 2.75) is 52.1 Å². The number of aromatic nitrogens is 1. The first-order chi connectivity index (χ1) is 17.2. The molecule has 0 bridgehead atoms. The molecule has 0 saturated heterocycles. The van der Waals surface area contributed by atoms with Crippen LogP contribution in [0.15, 0.2) is 48.5 Å². The Bertz CT molecular complexity index is 1450. The van der Waals surface area contributed by atoms with Gasteiger partial charge in [0.05, 0.1) is 12.8 Å². The topological polar surface area (TPSA) is 54.6 Å². The second kappa shape index (κ2) is 9.36. The van der Waals surface area contributed by atoms with E-state index in [4.69, 9.17) is 21.1 Å². The molecule has 2 heterocycles. The second-order valence-electron chi connectivity index (χ2n) is 10.6. The van der Waals surface area contributed by atoms with E-state index in [0.717, 1.165) is 57.3 Å². The molecule has 1 aromatic heterocycles. The largest absolute Gasteiger partial charge is 0.497 e. The number of carbonyl (C=O) groups excluding carboxylic acids is 1. The fraction of sp³-hybridized carbons (Fsp3) is 0.367. The summed E-state index contributed by atoms with van der Waals surface area (Å²) in [7, 11) is 1.66. The van der Waals surface area contributed by atoms with Gasteiger partial charge in [-0.1, -0.05) is 25.5 Å². The summed E-state index contributed by atoms with van der Waals surface area (Å²) < 4.78 is 11.9. The first kappa shape index (κ1) is 24.5. The van der Waals surface area contributed by atoms with Gasteiger partial charge in [0, 0.05) is 40.7 Å². The number of alkyl halides is 1. The lowest BCUT2D eigenvalue weighted by Crippen LogP contribution is -2.30. The Morgan fingerprint density at radius 1 is 1.11 bits per heavy atom. The highest BCUT2D eigenvalue weighted by Crippen LogP contribution is 2.47. The molecule has 4 aromatic rings. The van der Waals surface area contributed by atoms with Crippen molar-refractivity contribution in [2.75, 3.05) is 24.4 Å². The van der Waals surface area contributed by atoms with Crippen molar-refractivity contribution >= 4 is 44.9 Å². The molecule has 1 amide bonds. The Morgan fingerprint density at radius 3 is 2.61 bits per heavy atom. The number of ether oxygens (including phenoxy) is 2. The molecule has 5 nitrogen and oxygen atoms in total. The van der Waals surface area contributed by atoms with Crippen molar-refractivity contribution in [1.82, 2.24) is 4.98 Å². The third-order valence-electron chi connectivity index (χ3n) is 6.73. The number of hydrogen-bond acceptors (Lipinski definition) is 3. The number of H-pyrrole nitrogens is 1. The minimum Gasteiger partial charge on any atom is -0.497 e. The Morgan fingerprint density at radius 2 is 1.92 bits per heavy atom. The number of halogens is 1. The van der Waals surface area contributed by atoms with Gasteiger partial charge in [-0.25, -0.2) is 0 Å². The highest BCUT2D eigenvalue weighted by atomic mass is 35.5. The van der Waals surface area contributed by atoms with Crippen LogP contribution in [0.2, 0.25) is 0 Å². The Kier molecular flexibility index (Phi) is 6.37. The molecule has 1 aliphatic heterocycles. The van der Waals surface area contributed by atoms with Gasteiger partial charge in [-0.2, -0.15) is 0 Å². The van der Waals surface area contributed by atoms with Gasteiger partial charge in [-0.3, -0.25) is 4.79 Å². The standard InChI is InChI=1S/C30H33ClN2O3/c1-6-7-18-8-9-19-13-25(32-24(19)12-18)29(34)33-17-20(16-31)28-23-14-21(35-5)10-11-22(23)27(15-26(28)33)36-30(2,3)4/h8-15,20,32H,6-7,16-17H2,1-5H3/t20-/m1/s1. The van der Waals surface area contributed by atoms with Crippen LogP contribution in [0, 0.1) is 0 Å². The van der Waals surface area contributed by atoms with E-state index in [1.165, 1.54) is 5.56 Å². The summed E-state index contributed by atoms with van der Waals surface area (Å²) in [5, 5.41) is 3.03. The number of aromatic amines is 1. The number of benzene rings is 3. The number of fused-ring (bicyclic) bond motifs is 4. The summed E-state index contributed by atoms with van der Waals surface area (Å²) in [6.07, 6.45) is 2.10. The molecule has 0 aliphatic carbocycles. The lowest BCUT2D eigenvalue weighted by Gasteiger charge is -2.25. The normalized spacial score (nSPS) is 15.5. The van der Waals surface area contributed by atoms with Crippen LogP contribution in [0.3, 0.4) is 0 Å². The molecule has 0 spiro atoms. The van der Waals surface area contributed by atoms with Crippen LogP contribution in [0.4, 0.5) is 5.69 Å². The van der Waals surface area contributed by atoms with Crippen molar-refractivity contribution in [3.63, 3.8) is 0 Å². The number of hydrogen-bond donors (Lipinski definition) is 1. The third-order valence-corrected chi connectivity index (χ3v) is 7.10. The highest BCUT2D eigenvalue weighted by Gasteiger charge is 2.36. The van der Waals surface area contributed by atoms with Crippen LogP contribution in [0.5, 0.6) is 11.5 Å². The predicted molar refractivity (Wildman–Crippen MR) is 148 cm³/mol. The van der Waals surface area contributed by atoms with Crippen LogP contribution in [-0.4, -0.2) is 36.0 Å². The maximum atomic E-state index is 13.9. The molecular weight excluding hydrogens is 472 g/mol. The number of anilines is 1. The van der Waals surface area contributed by atoms with Crippen molar-refractivity contribution in [2.24, 2.45) is 0 Å². The van der Waals surface area contributed by atoms with E-state index in [9.17, 15) is 4.79 Å². The van der Waals surface area contributed by atoms with Crippen LogP contribution >= 0.6 is 11.6 Å². The maximum absolute atomic E-state index is 13.9. The molecule has 1 N–H and O–H groups in total. The summed E-state index contributed by atoms with van der Waals surface area (Å²) in [5.74, 6) is 1.85. The number of nitrogens with one attached hydrogen (secondary N) is 1. The van der Waals surface area contributed by atoms with E-state index >= 15 is 0 Å². The summed E-state index contributed by atoms with van der Waals surface area (Å²) in [5.41, 5.74) is 4.34. The minimum atomic E-state index is -0.395. The number of amides is 1. The molecule has 3 aromatic carbocycles. The lowest BCUT2D eigenvalue weighted by atomic mass is 9.95. The molecule has 0 radical (unpaired) electrons. The zero-order valence-electron chi connectivity index (χ0n) is 21.6. The zero-order chi connectivity index (χ0) is 25.6. The highest BCUT2D eigenvalue weighted by molar-refractivity contribution is 6.19. The first-order valence-electron chi connectivity index (χ1n) is 12.6. The van der Waals surface area contributed by atoms with Crippen molar-refractivity contribution < 1.29 is 14.3 Å². The lowest BCUT2D eigenvalue weighted by molar-refractivity contribution is 0.0984. The summed E-state index contributed by atoms with van der Waals surface area (Å²) in [6.45, 7) is 8.76. The summed E-state index contributed by atoms with van der Waals surface area (Å²) >= 11 is 6.47. The number of aryl methyl sites for hydroxylation is 1. The van der Waals surface area contributed by atoms with E-state index in [0.29, 0.717) is 18.1 Å². The summed E-state index contributed by atoms with van der Waals surface area (Å²) in [4.78, 5) is 19.1. The monoisotopic (exact) mass is 504 g/mol. The van der Waals surface area contributed by atoms with E-state index in [1.807, 2.05) is 56.0 Å². The van der Waals surface area contributed by atoms with E-state index in [1.54, 1.807) is 7.11 Å². The van der Waals surface area contributed by atoms with Gasteiger partial charge in [0.2, 0.25) is 0 Å².